The minimum absolute atomic E-state index is 0.265. The number of ether oxygens (including phenoxy) is 1. The second kappa shape index (κ2) is 2.48. The molecule has 0 amide bonds. The molecule has 2 nitrogen and oxygen atoms in total. The average molecular weight is 175 g/mol. The lowest BCUT2D eigenvalue weighted by molar-refractivity contribution is 0.357. The Morgan fingerprint density at radius 2 is 2.15 bits per heavy atom. The third-order valence-corrected chi connectivity index (χ3v) is 3.14. The number of benzene rings is 1. The minimum Gasteiger partial charge on any atom is -0.493 e. The Bertz CT molecular complexity index is 359. The van der Waals surface area contributed by atoms with E-state index in [1.807, 2.05) is 0 Å². The maximum atomic E-state index is 6.00. The van der Waals surface area contributed by atoms with E-state index in [0.717, 1.165) is 31.6 Å². The fourth-order valence-electron chi connectivity index (χ4n) is 2.46. The molecule has 1 unspecified atom stereocenters. The summed E-state index contributed by atoms with van der Waals surface area (Å²) in [6, 6.07) is 4.48. The third-order valence-electron chi connectivity index (χ3n) is 3.14. The Kier molecular flexibility index (Phi) is 1.41. The molecule has 0 radical (unpaired) electrons. The average Bonchev–Trinajstić information content (AvgIpc) is 2.70. The van der Waals surface area contributed by atoms with Gasteiger partial charge in [-0.1, -0.05) is 6.07 Å². The molecular formula is C11H13NO. The largest absolute Gasteiger partial charge is 0.493 e. The molecule has 1 aromatic carbocycles. The Hall–Kier alpha value is -1.02. The molecule has 0 spiro atoms. The maximum Gasteiger partial charge on any atom is 0.122 e. The van der Waals surface area contributed by atoms with Crippen molar-refractivity contribution >= 4 is 0 Å². The first-order valence-electron chi connectivity index (χ1n) is 4.89. The van der Waals surface area contributed by atoms with Crippen LogP contribution in [0.2, 0.25) is 0 Å². The molecule has 3 rings (SSSR count). The van der Waals surface area contributed by atoms with E-state index in [-0.39, 0.29) is 6.04 Å². The van der Waals surface area contributed by atoms with E-state index >= 15 is 0 Å². The quantitative estimate of drug-likeness (QED) is 0.649. The lowest BCUT2D eigenvalue weighted by Gasteiger charge is -2.07. The van der Waals surface area contributed by atoms with Crippen molar-refractivity contribution in [1.82, 2.24) is 0 Å². The normalized spacial score (nSPS) is 23.9. The zero-order valence-corrected chi connectivity index (χ0v) is 7.55. The summed E-state index contributed by atoms with van der Waals surface area (Å²) in [5.41, 5.74) is 10.2. The standard InChI is InChI=1S/C11H13NO/c12-10-3-1-7-8(10)2-4-11-9(7)5-6-13-11/h2,4,10H,1,3,5-6,12H2. The van der Waals surface area contributed by atoms with E-state index in [1.54, 1.807) is 0 Å². The van der Waals surface area contributed by atoms with Crippen molar-refractivity contribution in [3.8, 4) is 5.75 Å². The molecule has 0 bridgehead atoms. The van der Waals surface area contributed by atoms with Crippen LogP contribution in [0.4, 0.5) is 0 Å². The number of rotatable bonds is 0. The lowest BCUT2D eigenvalue weighted by Crippen LogP contribution is -2.05. The molecule has 2 heteroatoms. The third kappa shape index (κ3) is 0.923. The van der Waals surface area contributed by atoms with Crippen molar-refractivity contribution in [3.05, 3.63) is 28.8 Å². The predicted octanol–water partition coefficient (Wildman–Crippen LogP) is 1.57. The highest BCUT2D eigenvalue weighted by molar-refractivity contribution is 5.50. The topological polar surface area (TPSA) is 35.2 Å². The van der Waals surface area contributed by atoms with Gasteiger partial charge in [-0.15, -0.1) is 0 Å². The van der Waals surface area contributed by atoms with Crippen LogP contribution in [0.5, 0.6) is 5.75 Å². The van der Waals surface area contributed by atoms with Gasteiger partial charge in [0.2, 0.25) is 0 Å². The Morgan fingerprint density at radius 1 is 1.23 bits per heavy atom. The summed E-state index contributed by atoms with van der Waals surface area (Å²) in [6.07, 6.45) is 3.32. The van der Waals surface area contributed by atoms with Crippen LogP contribution in [-0.4, -0.2) is 6.61 Å². The van der Waals surface area contributed by atoms with Gasteiger partial charge in [-0.3, -0.25) is 0 Å². The number of hydrogen-bond donors (Lipinski definition) is 1. The maximum absolute atomic E-state index is 6.00. The smallest absolute Gasteiger partial charge is 0.122 e. The molecule has 0 aromatic heterocycles. The highest BCUT2D eigenvalue weighted by Crippen LogP contribution is 2.38. The van der Waals surface area contributed by atoms with Crippen molar-refractivity contribution in [3.63, 3.8) is 0 Å². The van der Waals surface area contributed by atoms with Crippen molar-refractivity contribution in [2.45, 2.75) is 25.3 Å². The van der Waals surface area contributed by atoms with E-state index in [9.17, 15) is 0 Å². The van der Waals surface area contributed by atoms with Gasteiger partial charge in [-0.25, -0.2) is 0 Å². The van der Waals surface area contributed by atoms with Gasteiger partial charge in [-0.05, 0) is 30.0 Å². The van der Waals surface area contributed by atoms with Crippen LogP contribution < -0.4 is 10.5 Å². The highest BCUT2D eigenvalue weighted by Gasteiger charge is 2.25. The Labute approximate surface area is 77.7 Å². The van der Waals surface area contributed by atoms with Crippen LogP contribution in [0.1, 0.15) is 29.2 Å². The van der Waals surface area contributed by atoms with E-state index in [4.69, 9.17) is 10.5 Å². The lowest BCUT2D eigenvalue weighted by atomic mass is 10.0. The summed E-state index contributed by atoms with van der Waals surface area (Å²) < 4.78 is 5.52. The van der Waals surface area contributed by atoms with E-state index in [1.165, 1.54) is 16.7 Å². The molecule has 68 valence electrons. The summed E-state index contributed by atoms with van der Waals surface area (Å²) in [7, 11) is 0. The second-order valence-corrected chi connectivity index (χ2v) is 3.85. The van der Waals surface area contributed by atoms with Gasteiger partial charge in [0.1, 0.15) is 5.75 Å². The molecule has 1 heterocycles. The molecule has 1 aromatic rings. The molecule has 0 saturated heterocycles. The molecule has 0 fully saturated rings. The number of fused-ring (bicyclic) bond motifs is 3. The van der Waals surface area contributed by atoms with Crippen LogP contribution >= 0.6 is 0 Å². The van der Waals surface area contributed by atoms with Gasteiger partial charge in [0.25, 0.3) is 0 Å². The van der Waals surface area contributed by atoms with Gasteiger partial charge in [0, 0.05) is 18.0 Å². The number of hydrogen-bond acceptors (Lipinski definition) is 2. The van der Waals surface area contributed by atoms with Gasteiger partial charge in [-0.2, -0.15) is 0 Å². The summed E-state index contributed by atoms with van der Waals surface area (Å²) in [5, 5.41) is 0. The van der Waals surface area contributed by atoms with Crippen molar-refractivity contribution in [2.75, 3.05) is 6.61 Å². The van der Waals surface area contributed by atoms with Gasteiger partial charge in [0.05, 0.1) is 6.61 Å². The first-order chi connectivity index (χ1) is 6.36. The molecule has 1 atom stereocenters. The van der Waals surface area contributed by atoms with Crippen molar-refractivity contribution < 1.29 is 4.74 Å². The monoisotopic (exact) mass is 175 g/mol. The van der Waals surface area contributed by atoms with Crippen LogP contribution in [0, 0.1) is 0 Å². The van der Waals surface area contributed by atoms with Crippen molar-refractivity contribution in [2.24, 2.45) is 5.73 Å². The van der Waals surface area contributed by atoms with E-state index in [2.05, 4.69) is 12.1 Å². The fraction of sp³-hybridized carbons (Fsp3) is 0.455. The molecule has 13 heavy (non-hydrogen) atoms. The van der Waals surface area contributed by atoms with Gasteiger partial charge in [0.15, 0.2) is 0 Å². The molecule has 1 aliphatic carbocycles. The molecule has 2 aliphatic rings. The minimum atomic E-state index is 0.265. The first-order valence-corrected chi connectivity index (χ1v) is 4.89. The van der Waals surface area contributed by atoms with Crippen LogP contribution in [0.3, 0.4) is 0 Å². The zero-order valence-electron chi connectivity index (χ0n) is 7.55. The zero-order chi connectivity index (χ0) is 8.84. The molecule has 2 N–H and O–H groups in total. The first kappa shape index (κ1) is 7.39. The van der Waals surface area contributed by atoms with Crippen LogP contribution in [0.15, 0.2) is 12.1 Å². The van der Waals surface area contributed by atoms with Crippen molar-refractivity contribution in [1.29, 1.82) is 0 Å². The summed E-state index contributed by atoms with van der Waals surface area (Å²) >= 11 is 0. The van der Waals surface area contributed by atoms with Crippen LogP contribution in [-0.2, 0) is 12.8 Å². The summed E-state index contributed by atoms with van der Waals surface area (Å²) in [5.74, 6) is 1.09. The molecular weight excluding hydrogens is 162 g/mol. The SMILES string of the molecule is NC1CCc2c1ccc1c2CCO1. The Balaban J connectivity index is 2.21. The molecule has 0 saturated carbocycles. The molecule has 1 aliphatic heterocycles. The highest BCUT2D eigenvalue weighted by atomic mass is 16.5. The second-order valence-electron chi connectivity index (χ2n) is 3.85. The fourth-order valence-corrected chi connectivity index (χ4v) is 2.46. The summed E-state index contributed by atoms with van der Waals surface area (Å²) in [6.45, 7) is 0.848. The van der Waals surface area contributed by atoms with Crippen LogP contribution in [0.25, 0.3) is 0 Å². The summed E-state index contributed by atoms with van der Waals surface area (Å²) in [4.78, 5) is 0. The Morgan fingerprint density at radius 3 is 3.08 bits per heavy atom. The number of nitrogens with two attached hydrogens (primary N) is 1. The van der Waals surface area contributed by atoms with E-state index in [0.29, 0.717) is 0 Å². The van der Waals surface area contributed by atoms with Gasteiger partial charge >= 0.3 is 0 Å². The van der Waals surface area contributed by atoms with Gasteiger partial charge < -0.3 is 10.5 Å². The van der Waals surface area contributed by atoms with E-state index < -0.39 is 0 Å². The predicted molar refractivity (Wildman–Crippen MR) is 50.9 cm³/mol.